The molecule has 0 aliphatic carbocycles. The van der Waals surface area contributed by atoms with Crippen molar-refractivity contribution >= 4 is 28.7 Å². The van der Waals surface area contributed by atoms with E-state index in [0.29, 0.717) is 0 Å². The molecule has 0 saturated heterocycles. The summed E-state index contributed by atoms with van der Waals surface area (Å²) < 4.78 is 3.58. The van der Waals surface area contributed by atoms with Crippen molar-refractivity contribution in [1.82, 2.24) is 0 Å². The molecule has 1 radical (unpaired) electrons. The van der Waals surface area contributed by atoms with Crippen molar-refractivity contribution in [3.63, 3.8) is 0 Å². The van der Waals surface area contributed by atoms with Crippen LogP contribution < -0.4 is 0 Å². The Bertz CT molecular complexity index is 340. The van der Waals surface area contributed by atoms with Gasteiger partial charge in [-0.2, -0.15) is 0 Å². The number of Topliss-reactive ketones (excluding diaryl/α,β-unsaturated/α-hetero) is 1. The number of allylic oxidation sites excluding steroid dienone is 1. The van der Waals surface area contributed by atoms with Gasteiger partial charge in [-0.3, -0.25) is 0 Å². The van der Waals surface area contributed by atoms with Gasteiger partial charge in [-0.05, 0) is 0 Å². The van der Waals surface area contributed by atoms with Gasteiger partial charge in [0.25, 0.3) is 0 Å². The van der Waals surface area contributed by atoms with Crippen molar-refractivity contribution in [1.29, 1.82) is 0 Å². The summed E-state index contributed by atoms with van der Waals surface area (Å²) in [6, 6.07) is 9.58. The van der Waals surface area contributed by atoms with Crippen LogP contribution in [0, 0.1) is 0 Å². The van der Waals surface area contributed by atoms with Crippen LogP contribution in [0.5, 0.6) is 0 Å². The van der Waals surface area contributed by atoms with Crippen molar-refractivity contribution in [3.8, 4) is 0 Å². The molecule has 1 aliphatic heterocycles. The topological polar surface area (TPSA) is 17.1 Å². The van der Waals surface area contributed by atoms with Crippen LogP contribution in [0.15, 0.2) is 39.7 Å². The molecule has 63 valence electrons. The van der Waals surface area contributed by atoms with Crippen LogP contribution in [0.4, 0.5) is 0 Å². The van der Waals surface area contributed by atoms with Gasteiger partial charge in [-0.1, -0.05) is 0 Å². The molecule has 1 aromatic carbocycles. The van der Waals surface area contributed by atoms with Crippen LogP contribution in [0.3, 0.4) is 0 Å². The van der Waals surface area contributed by atoms with Gasteiger partial charge < -0.3 is 0 Å². The van der Waals surface area contributed by atoms with Gasteiger partial charge in [0.2, 0.25) is 0 Å². The van der Waals surface area contributed by atoms with Crippen LogP contribution in [-0.4, -0.2) is 28.7 Å². The number of benzene rings is 1. The minimum absolute atomic E-state index is 0.254. The van der Waals surface area contributed by atoms with Gasteiger partial charge in [0, 0.05) is 0 Å². The molecule has 13 heavy (non-hydrogen) atoms. The molecule has 0 unspecified atom stereocenters. The maximum atomic E-state index is 11.8. The molecule has 2 heteroatoms. The standard InChI is InChI=1S/C11H10O.In/c1-3-9(2)11(12)10-7-5-4-6-8-10;/h2,4-8H,1,3H2;. The molecule has 0 saturated carbocycles. The summed E-state index contributed by atoms with van der Waals surface area (Å²) in [6.07, 6.45) is 1.04. The van der Waals surface area contributed by atoms with E-state index < -0.39 is 22.9 Å². The summed E-state index contributed by atoms with van der Waals surface area (Å²) in [5.74, 6) is 0.254. The Hall–Kier alpha value is -0.500. The molecule has 0 amide bonds. The quantitative estimate of drug-likeness (QED) is 0.755. The van der Waals surface area contributed by atoms with Gasteiger partial charge in [-0.25, -0.2) is 0 Å². The van der Waals surface area contributed by atoms with E-state index in [1.807, 2.05) is 30.3 Å². The summed E-state index contributed by atoms with van der Waals surface area (Å²) >= 11 is -0.439. The second-order valence-electron chi connectivity index (χ2n) is 3.16. The molecular weight excluding hydrogens is 263 g/mol. The second-order valence-corrected chi connectivity index (χ2v) is 7.11. The predicted octanol–water partition coefficient (Wildman–Crippen LogP) is 2.28. The van der Waals surface area contributed by atoms with Crippen molar-refractivity contribution in [2.75, 3.05) is 0 Å². The zero-order chi connectivity index (χ0) is 9.10. The van der Waals surface area contributed by atoms with Crippen LogP contribution in [0.2, 0.25) is 4.18 Å². The maximum absolute atomic E-state index is 11.8. The fourth-order valence-corrected chi connectivity index (χ4v) is 5.07. The van der Waals surface area contributed by atoms with E-state index in [-0.39, 0.29) is 5.78 Å². The normalized spacial score (nSPS) is 14.9. The van der Waals surface area contributed by atoms with E-state index in [2.05, 4.69) is 3.83 Å². The van der Waals surface area contributed by atoms with E-state index in [9.17, 15) is 4.79 Å². The van der Waals surface area contributed by atoms with Gasteiger partial charge in [-0.15, -0.1) is 0 Å². The number of rotatable bonds is 2. The summed E-state index contributed by atoms with van der Waals surface area (Å²) in [6.45, 7) is 0. The van der Waals surface area contributed by atoms with Gasteiger partial charge >= 0.3 is 89.4 Å². The fourth-order valence-electron chi connectivity index (χ4n) is 1.51. The van der Waals surface area contributed by atoms with E-state index in [0.717, 1.165) is 17.6 Å². The third kappa shape index (κ3) is 2.05. The third-order valence-corrected chi connectivity index (χ3v) is 5.82. The van der Waals surface area contributed by atoms with Crippen LogP contribution in [0.25, 0.3) is 0 Å². The van der Waals surface area contributed by atoms with E-state index in [4.69, 9.17) is 0 Å². The molecule has 2 rings (SSSR count). The molecule has 0 atom stereocenters. The SMILES string of the molecule is O=C(C1=[CH][In][CH2]C1)c1ccccc1. The Balaban J connectivity index is 2.23. The molecular formula is C11H10InO. The van der Waals surface area contributed by atoms with Crippen molar-refractivity contribution < 1.29 is 4.79 Å². The number of carbonyl (C=O) groups is 1. The average Bonchev–Trinajstić information content (AvgIpc) is 2.71. The van der Waals surface area contributed by atoms with Crippen molar-refractivity contribution in [2.45, 2.75) is 10.6 Å². The average molecular weight is 273 g/mol. The molecule has 0 spiro atoms. The molecule has 1 heterocycles. The molecule has 0 N–H and O–H groups in total. The molecule has 0 bridgehead atoms. The van der Waals surface area contributed by atoms with Crippen LogP contribution in [-0.2, 0) is 0 Å². The first kappa shape index (κ1) is 9.07. The molecule has 1 aliphatic rings. The van der Waals surface area contributed by atoms with Crippen LogP contribution in [0.1, 0.15) is 16.8 Å². The van der Waals surface area contributed by atoms with Gasteiger partial charge in [0.15, 0.2) is 0 Å². The van der Waals surface area contributed by atoms with Gasteiger partial charge in [0.1, 0.15) is 0 Å². The Labute approximate surface area is 89.2 Å². The monoisotopic (exact) mass is 273 g/mol. The van der Waals surface area contributed by atoms with E-state index in [1.54, 1.807) is 0 Å². The van der Waals surface area contributed by atoms with E-state index in [1.165, 1.54) is 4.18 Å². The summed E-state index contributed by atoms with van der Waals surface area (Å²) in [5, 5.41) is 0. The number of carbonyl (C=O) groups excluding carboxylic acids is 1. The Morgan fingerprint density at radius 3 is 2.62 bits per heavy atom. The molecule has 1 aromatic rings. The first-order valence-corrected chi connectivity index (χ1v) is 8.73. The minimum atomic E-state index is -0.439. The zero-order valence-corrected chi connectivity index (χ0v) is 10.7. The first-order valence-electron chi connectivity index (χ1n) is 4.50. The van der Waals surface area contributed by atoms with Crippen LogP contribution >= 0.6 is 0 Å². The number of hydrogen-bond donors (Lipinski definition) is 0. The predicted molar refractivity (Wildman–Crippen MR) is 54.0 cm³/mol. The van der Waals surface area contributed by atoms with E-state index >= 15 is 0 Å². The molecule has 0 aromatic heterocycles. The Morgan fingerprint density at radius 1 is 1.23 bits per heavy atom. The number of ketones is 1. The van der Waals surface area contributed by atoms with Crippen molar-refractivity contribution in [2.24, 2.45) is 0 Å². The molecule has 0 fully saturated rings. The second kappa shape index (κ2) is 4.14. The van der Waals surface area contributed by atoms with Gasteiger partial charge in [0.05, 0.1) is 0 Å². The van der Waals surface area contributed by atoms with Crippen molar-refractivity contribution in [3.05, 3.63) is 45.3 Å². The number of hydrogen-bond acceptors (Lipinski definition) is 1. The summed E-state index contributed by atoms with van der Waals surface area (Å²) in [7, 11) is 0. The fraction of sp³-hybridized carbons (Fsp3) is 0.182. The summed E-state index contributed by atoms with van der Waals surface area (Å²) in [4.78, 5) is 11.8. The third-order valence-electron chi connectivity index (χ3n) is 2.23. The molecule has 1 nitrogen and oxygen atoms in total. The Kier molecular flexibility index (Phi) is 2.89. The Morgan fingerprint density at radius 2 is 2.00 bits per heavy atom. The zero-order valence-electron chi connectivity index (χ0n) is 7.36. The summed E-state index contributed by atoms with van der Waals surface area (Å²) in [5.41, 5.74) is 1.92. The first-order chi connectivity index (χ1) is 6.38.